The number of nitrogens with zero attached hydrogens (tertiary/aromatic N) is 3. The third-order valence-electron chi connectivity index (χ3n) is 8.76. The number of cyclic esters (lactones) is 1. The minimum Gasteiger partial charge on any atom is -0.496 e. The predicted molar refractivity (Wildman–Crippen MR) is 155 cm³/mol. The average Bonchev–Trinajstić information content (AvgIpc) is 3.44. The summed E-state index contributed by atoms with van der Waals surface area (Å²) >= 11 is 0. The number of aromatic nitrogens is 2. The quantitative estimate of drug-likeness (QED) is 0.244. The Morgan fingerprint density at radius 2 is 1.87 bits per heavy atom. The third kappa shape index (κ3) is 3.83. The number of fused-ring (bicyclic) bond motifs is 2. The van der Waals surface area contributed by atoms with E-state index < -0.39 is 5.60 Å². The van der Waals surface area contributed by atoms with Crippen LogP contribution >= 0.6 is 0 Å². The summed E-state index contributed by atoms with van der Waals surface area (Å²) in [6.07, 6.45) is 8.05. The van der Waals surface area contributed by atoms with Crippen molar-refractivity contribution in [2.24, 2.45) is 0 Å². The molecule has 2 aromatic carbocycles. The number of esters is 1. The average molecular weight is 524 g/mol. The van der Waals surface area contributed by atoms with Crippen LogP contribution in [0, 0.1) is 6.92 Å². The molecular weight excluding hydrogens is 486 g/mol. The first kappa shape index (κ1) is 25.5. The topological polar surface area (TPSA) is 56.6 Å². The second-order valence-corrected chi connectivity index (χ2v) is 10.7. The smallest absolute Gasteiger partial charge is 0.341 e. The molecule has 1 saturated carbocycles. The van der Waals surface area contributed by atoms with Gasteiger partial charge in [-0.15, -0.1) is 0 Å². The zero-order chi connectivity index (χ0) is 27.1. The van der Waals surface area contributed by atoms with Crippen molar-refractivity contribution in [2.45, 2.75) is 71.1 Å². The van der Waals surface area contributed by atoms with Crippen LogP contribution in [0.25, 0.3) is 10.9 Å². The first-order valence-corrected chi connectivity index (χ1v) is 14.3. The molecule has 202 valence electrons. The molecule has 0 amide bonds. The fraction of sp³-hybridized carbons (Fsp3) is 0.394. The summed E-state index contributed by atoms with van der Waals surface area (Å²) in [4.78, 5) is 20.8. The van der Waals surface area contributed by atoms with E-state index in [-0.39, 0.29) is 5.97 Å². The van der Waals surface area contributed by atoms with Crippen LogP contribution in [-0.2, 0) is 16.9 Å². The number of aryl methyl sites for hydroxylation is 1. The molecule has 6 rings (SSSR count). The Labute approximate surface area is 230 Å². The number of anilines is 1. The van der Waals surface area contributed by atoms with Gasteiger partial charge in [-0.1, -0.05) is 37.5 Å². The van der Waals surface area contributed by atoms with E-state index >= 15 is 0 Å². The van der Waals surface area contributed by atoms with Gasteiger partial charge in [0.15, 0.2) is 0 Å². The Hall–Kier alpha value is -3.80. The fourth-order valence-corrected chi connectivity index (χ4v) is 7.06. The van der Waals surface area contributed by atoms with E-state index in [0.29, 0.717) is 23.0 Å². The number of hydrogen-bond donors (Lipinski definition) is 0. The van der Waals surface area contributed by atoms with E-state index in [1.807, 2.05) is 12.1 Å². The highest BCUT2D eigenvalue weighted by molar-refractivity contribution is 5.98. The molecule has 0 N–H and O–H groups in total. The van der Waals surface area contributed by atoms with Crippen LogP contribution in [0.2, 0.25) is 0 Å². The van der Waals surface area contributed by atoms with E-state index in [2.05, 4.69) is 66.6 Å². The number of carbonyl (C=O) groups is 1. The van der Waals surface area contributed by atoms with Crippen LogP contribution in [0.4, 0.5) is 5.69 Å². The van der Waals surface area contributed by atoms with Crippen molar-refractivity contribution in [3.05, 3.63) is 88.9 Å². The number of pyridine rings is 1. The zero-order valence-electron chi connectivity index (χ0n) is 23.4. The summed E-state index contributed by atoms with van der Waals surface area (Å²) in [6.45, 7) is 8.20. The number of methoxy groups -OCH3 is 1. The molecule has 6 heteroatoms. The lowest BCUT2D eigenvalue weighted by Crippen LogP contribution is -2.37. The molecule has 1 atom stereocenters. The molecular formula is C33H37N3O3. The van der Waals surface area contributed by atoms with E-state index in [1.165, 1.54) is 32.1 Å². The second kappa shape index (κ2) is 10.1. The van der Waals surface area contributed by atoms with Gasteiger partial charge >= 0.3 is 5.97 Å². The predicted octanol–water partition coefficient (Wildman–Crippen LogP) is 6.99. The molecule has 0 radical (unpaired) electrons. The Bertz CT molecular complexity index is 1530. The van der Waals surface area contributed by atoms with Gasteiger partial charge in [-0.2, -0.15) is 0 Å². The molecule has 0 bridgehead atoms. The first-order valence-electron chi connectivity index (χ1n) is 14.3. The second-order valence-electron chi connectivity index (χ2n) is 10.7. The highest BCUT2D eigenvalue weighted by Crippen LogP contribution is 2.53. The number of para-hydroxylation sites is 1. The number of hydrogen-bond acceptors (Lipinski definition) is 5. The lowest BCUT2D eigenvalue weighted by Gasteiger charge is -2.36. The van der Waals surface area contributed by atoms with Crippen molar-refractivity contribution in [3.63, 3.8) is 0 Å². The monoisotopic (exact) mass is 523 g/mol. The van der Waals surface area contributed by atoms with Gasteiger partial charge in [0.05, 0.1) is 12.7 Å². The van der Waals surface area contributed by atoms with Crippen LogP contribution in [-0.4, -0.2) is 35.2 Å². The van der Waals surface area contributed by atoms with Crippen LogP contribution in [0.3, 0.4) is 0 Å². The van der Waals surface area contributed by atoms with Gasteiger partial charge in [0.25, 0.3) is 0 Å². The summed E-state index contributed by atoms with van der Waals surface area (Å²) in [6, 6.07) is 18.9. The molecule has 0 saturated heterocycles. The Kier molecular flexibility index (Phi) is 6.57. The summed E-state index contributed by atoms with van der Waals surface area (Å²) in [5.74, 6) is 0.329. The van der Waals surface area contributed by atoms with Gasteiger partial charge in [-0.05, 0) is 63.9 Å². The van der Waals surface area contributed by atoms with Gasteiger partial charge < -0.3 is 18.9 Å². The van der Waals surface area contributed by atoms with Crippen LogP contribution in [0.15, 0.2) is 60.8 Å². The molecule has 6 nitrogen and oxygen atoms in total. The number of carbonyl (C=O) groups excluding carboxylic acids is 1. The molecule has 3 heterocycles. The van der Waals surface area contributed by atoms with Crippen molar-refractivity contribution in [2.75, 3.05) is 18.6 Å². The largest absolute Gasteiger partial charge is 0.496 e. The molecule has 39 heavy (non-hydrogen) atoms. The van der Waals surface area contributed by atoms with Crippen molar-refractivity contribution < 1.29 is 14.3 Å². The van der Waals surface area contributed by atoms with Crippen molar-refractivity contribution in [3.8, 4) is 5.75 Å². The first-order chi connectivity index (χ1) is 19.0. The van der Waals surface area contributed by atoms with Gasteiger partial charge in [0.1, 0.15) is 11.4 Å². The maximum absolute atomic E-state index is 13.5. The fourth-order valence-electron chi connectivity index (χ4n) is 7.06. The van der Waals surface area contributed by atoms with Crippen molar-refractivity contribution >= 4 is 22.6 Å². The van der Waals surface area contributed by atoms with Gasteiger partial charge in [0, 0.05) is 64.8 Å². The van der Waals surface area contributed by atoms with Crippen molar-refractivity contribution in [1.29, 1.82) is 0 Å². The SMILES string of the molecule is CCN(c1ccc(C2(c3c(C)n(CC)c4ccccc34)OC(=O)c3cccnc32)c(OC)c1)C1CCCCC1. The van der Waals surface area contributed by atoms with Gasteiger partial charge in [0.2, 0.25) is 5.60 Å². The Balaban J connectivity index is 1.62. The minimum absolute atomic E-state index is 0.366. The highest BCUT2D eigenvalue weighted by Gasteiger charge is 2.54. The van der Waals surface area contributed by atoms with E-state index in [0.717, 1.165) is 46.5 Å². The Morgan fingerprint density at radius 1 is 1.08 bits per heavy atom. The van der Waals surface area contributed by atoms with Gasteiger partial charge in [-0.25, -0.2) is 4.79 Å². The standard InChI is InChI=1S/C33H37N3O3/c1-5-35-22(3)30(25-15-10-11-17-28(25)35)33(31-26(32(37)39-33)16-12-20-34-31)27-19-18-24(21-29(27)38-4)36(6-2)23-13-8-7-9-14-23/h10-12,15-21,23H,5-9,13-14H2,1-4H3. The third-order valence-corrected chi connectivity index (χ3v) is 8.76. The summed E-state index contributed by atoms with van der Waals surface area (Å²) in [7, 11) is 1.70. The lowest BCUT2D eigenvalue weighted by atomic mass is 9.80. The molecule has 1 unspecified atom stereocenters. The highest BCUT2D eigenvalue weighted by atomic mass is 16.6. The molecule has 1 aliphatic heterocycles. The lowest BCUT2D eigenvalue weighted by molar-refractivity contribution is 0.0239. The van der Waals surface area contributed by atoms with Gasteiger partial charge in [-0.3, -0.25) is 4.98 Å². The maximum Gasteiger partial charge on any atom is 0.341 e. The number of rotatable bonds is 7. The van der Waals surface area contributed by atoms with Crippen LogP contribution in [0.1, 0.15) is 78.8 Å². The van der Waals surface area contributed by atoms with E-state index in [9.17, 15) is 4.79 Å². The minimum atomic E-state index is -1.23. The summed E-state index contributed by atoms with van der Waals surface area (Å²) in [5.41, 5.74) is 4.91. The molecule has 2 aliphatic rings. The van der Waals surface area contributed by atoms with E-state index in [1.54, 1.807) is 19.4 Å². The Morgan fingerprint density at radius 3 is 2.62 bits per heavy atom. The zero-order valence-corrected chi connectivity index (χ0v) is 23.4. The van der Waals surface area contributed by atoms with Crippen molar-refractivity contribution in [1.82, 2.24) is 9.55 Å². The summed E-state index contributed by atoms with van der Waals surface area (Å²) < 4.78 is 14.9. The molecule has 1 aliphatic carbocycles. The molecule has 1 fully saturated rings. The van der Waals surface area contributed by atoms with Crippen LogP contribution in [0.5, 0.6) is 5.75 Å². The molecule has 4 aromatic rings. The normalized spacial score (nSPS) is 19.2. The number of benzene rings is 2. The maximum atomic E-state index is 13.5. The molecule has 0 spiro atoms. The molecule has 2 aromatic heterocycles. The van der Waals surface area contributed by atoms with E-state index in [4.69, 9.17) is 14.5 Å². The number of ether oxygens (including phenoxy) is 2. The summed E-state index contributed by atoms with van der Waals surface area (Å²) in [5, 5.41) is 1.05. The van der Waals surface area contributed by atoms with Crippen LogP contribution < -0.4 is 9.64 Å².